The molecule has 4 heterocycles. The molecule has 0 aromatic carbocycles. The fraction of sp³-hybridized carbons (Fsp3) is 0. The number of fused-ring (bicyclic) bond motifs is 1. The molecule has 0 bridgehead atoms. The number of aliphatic imine (C=N–C) groups is 1. The third-order valence-corrected chi connectivity index (χ3v) is 4.42. The van der Waals surface area contributed by atoms with Crippen LogP contribution in [0.25, 0.3) is 6.08 Å². The van der Waals surface area contributed by atoms with Crippen LogP contribution in [0, 0.1) is 5.41 Å². The smallest absolute Gasteiger partial charge is 0.283 e. The molecule has 2 aromatic heterocycles. The van der Waals surface area contributed by atoms with Crippen molar-refractivity contribution < 1.29 is 13.6 Å². The van der Waals surface area contributed by atoms with Gasteiger partial charge in [0, 0.05) is 0 Å². The van der Waals surface area contributed by atoms with Crippen LogP contribution in [0.3, 0.4) is 0 Å². The highest BCUT2D eigenvalue weighted by atomic mass is 79.9. The van der Waals surface area contributed by atoms with Gasteiger partial charge in [-0.05, 0) is 58.0 Å². The van der Waals surface area contributed by atoms with Gasteiger partial charge in [-0.25, -0.2) is 0 Å². The van der Waals surface area contributed by atoms with Gasteiger partial charge in [0.25, 0.3) is 5.91 Å². The van der Waals surface area contributed by atoms with E-state index >= 15 is 0 Å². The number of carbonyl (C=O) groups is 1. The zero-order chi connectivity index (χ0) is 16.0. The van der Waals surface area contributed by atoms with Crippen LogP contribution in [0.1, 0.15) is 11.5 Å². The summed E-state index contributed by atoms with van der Waals surface area (Å²) in [6.45, 7) is 0. The molecule has 0 radical (unpaired) electrons. The lowest BCUT2D eigenvalue weighted by molar-refractivity contribution is -0.114. The van der Waals surface area contributed by atoms with Crippen molar-refractivity contribution in [3.63, 3.8) is 0 Å². The summed E-state index contributed by atoms with van der Waals surface area (Å²) in [6, 6.07) is 6.89. The molecule has 2 aliphatic heterocycles. The summed E-state index contributed by atoms with van der Waals surface area (Å²) in [6.07, 6.45) is 3.01. The first-order chi connectivity index (χ1) is 11.1. The van der Waals surface area contributed by atoms with Crippen molar-refractivity contribution in [2.24, 2.45) is 10.1 Å². The quantitative estimate of drug-likeness (QED) is 0.793. The molecule has 2 aliphatic rings. The Balaban J connectivity index is 1.71. The summed E-state index contributed by atoms with van der Waals surface area (Å²) >= 11 is 4.38. The molecule has 1 N–H and O–H groups in total. The van der Waals surface area contributed by atoms with Gasteiger partial charge in [0.2, 0.25) is 5.17 Å². The molecular weight excluding hydrogens is 384 g/mol. The Kier molecular flexibility index (Phi) is 3.31. The third kappa shape index (κ3) is 2.47. The molecular formula is C14H7BrN4O3S. The number of nitrogens with one attached hydrogen (secondary N) is 1. The second-order valence-electron chi connectivity index (χ2n) is 4.54. The highest BCUT2D eigenvalue weighted by Gasteiger charge is 2.36. The molecule has 9 heteroatoms. The Morgan fingerprint density at radius 1 is 1.35 bits per heavy atom. The van der Waals surface area contributed by atoms with Crippen LogP contribution in [0.15, 0.2) is 59.7 Å². The number of amidine groups is 2. The number of thioether (sulfide) groups is 1. The molecule has 114 valence electrons. The van der Waals surface area contributed by atoms with E-state index < -0.39 is 5.91 Å². The first-order valence-corrected chi connectivity index (χ1v) is 8.02. The minimum atomic E-state index is -0.503. The minimum absolute atomic E-state index is 0.0541. The Hall–Kier alpha value is -2.39. The Morgan fingerprint density at radius 3 is 2.91 bits per heavy atom. The molecule has 23 heavy (non-hydrogen) atoms. The average molecular weight is 391 g/mol. The first kappa shape index (κ1) is 14.2. The largest absolute Gasteiger partial charge is 0.462 e. The van der Waals surface area contributed by atoms with Gasteiger partial charge in [-0.1, -0.05) is 0 Å². The van der Waals surface area contributed by atoms with Crippen molar-refractivity contribution in [2.75, 3.05) is 0 Å². The van der Waals surface area contributed by atoms with Crippen LogP contribution < -0.4 is 0 Å². The van der Waals surface area contributed by atoms with Crippen LogP contribution in [0.4, 0.5) is 0 Å². The molecule has 0 aliphatic carbocycles. The Bertz CT molecular complexity index is 910. The highest BCUT2D eigenvalue weighted by molar-refractivity contribution is 9.10. The zero-order valence-corrected chi connectivity index (χ0v) is 13.7. The van der Waals surface area contributed by atoms with Crippen molar-refractivity contribution in [3.8, 4) is 0 Å². The van der Waals surface area contributed by atoms with E-state index in [0.717, 1.165) is 0 Å². The van der Waals surface area contributed by atoms with Gasteiger partial charge in [-0.2, -0.15) is 15.1 Å². The van der Waals surface area contributed by atoms with Gasteiger partial charge in [0.15, 0.2) is 21.3 Å². The number of halogens is 1. The number of hydrazone groups is 1. The van der Waals surface area contributed by atoms with Crippen LogP contribution in [0.5, 0.6) is 0 Å². The van der Waals surface area contributed by atoms with E-state index in [4.69, 9.17) is 14.2 Å². The summed E-state index contributed by atoms with van der Waals surface area (Å²) in [5.41, 5.74) is 0.112. The van der Waals surface area contributed by atoms with Crippen LogP contribution in [-0.2, 0) is 4.79 Å². The number of furan rings is 2. The van der Waals surface area contributed by atoms with Gasteiger partial charge >= 0.3 is 0 Å². The number of hydrogen-bond donors (Lipinski definition) is 1. The second-order valence-corrected chi connectivity index (χ2v) is 6.28. The molecule has 0 unspecified atom stereocenters. The van der Waals surface area contributed by atoms with E-state index in [1.165, 1.54) is 29.1 Å². The SMILES string of the molecule is N=C1/C(=C/c2ccc(Br)o2)C(=O)N=C2SC(c3ccco3)=NN12. The van der Waals surface area contributed by atoms with E-state index in [1.54, 1.807) is 24.3 Å². The molecule has 2 aromatic rings. The lowest BCUT2D eigenvalue weighted by Crippen LogP contribution is -2.35. The molecule has 0 saturated carbocycles. The van der Waals surface area contributed by atoms with E-state index in [-0.39, 0.29) is 11.4 Å². The summed E-state index contributed by atoms with van der Waals surface area (Å²) in [5, 5.41) is 14.7. The molecule has 7 nitrogen and oxygen atoms in total. The number of nitrogens with zero attached hydrogens (tertiary/aromatic N) is 3. The van der Waals surface area contributed by atoms with E-state index in [1.807, 2.05) is 0 Å². The number of carbonyl (C=O) groups excluding carboxylic acids is 1. The van der Waals surface area contributed by atoms with Crippen molar-refractivity contribution in [1.82, 2.24) is 5.01 Å². The molecule has 4 rings (SSSR count). The van der Waals surface area contributed by atoms with Crippen molar-refractivity contribution in [3.05, 3.63) is 52.3 Å². The monoisotopic (exact) mass is 390 g/mol. The summed E-state index contributed by atoms with van der Waals surface area (Å²) < 4.78 is 11.2. The fourth-order valence-corrected chi connectivity index (χ4v) is 3.22. The zero-order valence-electron chi connectivity index (χ0n) is 11.3. The van der Waals surface area contributed by atoms with Gasteiger partial charge < -0.3 is 8.83 Å². The van der Waals surface area contributed by atoms with E-state index in [2.05, 4.69) is 26.0 Å². The fourth-order valence-electron chi connectivity index (χ4n) is 2.04. The highest BCUT2D eigenvalue weighted by Crippen LogP contribution is 2.31. The molecule has 1 amide bonds. The predicted molar refractivity (Wildman–Crippen MR) is 89.2 cm³/mol. The lowest BCUT2D eigenvalue weighted by atomic mass is 10.1. The van der Waals surface area contributed by atoms with Gasteiger partial charge in [-0.15, -0.1) is 0 Å². The van der Waals surface area contributed by atoms with E-state index in [9.17, 15) is 4.79 Å². The summed E-state index contributed by atoms with van der Waals surface area (Å²) in [7, 11) is 0. The minimum Gasteiger partial charge on any atom is -0.462 e. The van der Waals surface area contributed by atoms with Gasteiger partial charge in [-0.3, -0.25) is 10.2 Å². The van der Waals surface area contributed by atoms with Gasteiger partial charge in [0.1, 0.15) is 5.76 Å². The molecule has 0 atom stereocenters. The lowest BCUT2D eigenvalue weighted by Gasteiger charge is -2.19. The Labute approximate surface area is 142 Å². The third-order valence-electron chi connectivity index (χ3n) is 3.07. The number of rotatable bonds is 2. The van der Waals surface area contributed by atoms with Crippen molar-refractivity contribution in [1.29, 1.82) is 5.41 Å². The molecule has 0 spiro atoms. The topological polar surface area (TPSA) is 95.2 Å². The summed E-state index contributed by atoms with van der Waals surface area (Å²) in [5.74, 6) is 0.456. The molecule has 0 fully saturated rings. The summed E-state index contributed by atoms with van der Waals surface area (Å²) in [4.78, 5) is 16.2. The first-order valence-electron chi connectivity index (χ1n) is 6.41. The Morgan fingerprint density at radius 2 is 2.22 bits per heavy atom. The van der Waals surface area contributed by atoms with E-state index in [0.29, 0.717) is 26.4 Å². The second kappa shape index (κ2) is 5.36. The molecule has 0 saturated heterocycles. The van der Waals surface area contributed by atoms with Crippen molar-refractivity contribution in [2.45, 2.75) is 0 Å². The standard InChI is InChI=1S/C14H7BrN4O3S/c15-10-4-3-7(22-10)6-8-11(16)19-14(17-12(8)20)23-13(18-19)9-2-1-5-21-9/h1-6,16H/b8-6-,16-11?. The average Bonchev–Trinajstić information content (AvgIpc) is 3.23. The number of hydrogen-bond acceptors (Lipinski definition) is 6. The predicted octanol–water partition coefficient (Wildman–Crippen LogP) is 3.30. The van der Waals surface area contributed by atoms with Crippen LogP contribution in [0.2, 0.25) is 0 Å². The maximum atomic E-state index is 12.2. The maximum Gasteiger partial charge on any atom is 0.283 e. The van der Waals surface area contributed by atoms with Crippen LogP contribution in [-0.4, -0.2) is 27.0 Å². The number of amides is 1. The maximum absolute atomic E-state index is 12.2. The van der Waals surface area contributed by atoms with Gasteiger partial charge in [0.05, 0.1) is 11.8 Å². The van der Waals surface area contributed by atoms with Crippen molar-refractivity contribution >= 4 is 55.7 Å². The normalized spacial score (nSPS) is 19.2. The van der Waals surface area contributed by atoms with Crippen LogP contribution >= 0.6 is 27.7 Å².